The second-order valence-electron chi connectivity index (χ2n) is 6.01. The zero-order valence-corrected chi connectivity index (χ0v) is 14.4. The number of carbonyl (C=O) groups excluding carboxylic acids is 2. The highest BCUT2D eigenvalue weighted by atomic mass is 19.4. The van der Waals surface area contributed by atoms with Gasteiger partial charge in [0.2, 0.25) is 5.91 Å². The molecule has 0 aromatic heterocycles. The maximum absolute atomic E-state index is 13.0. The lowest BCUT2D eigenvalue weighted by Gasteiger charge is -2.19. The van der Waals surface area contributed by atoms with Crippen LogP contribution in [0.4, 0.5) is 18.9 Å². The first-order chi connectivity index (χ1) is 12.2. The lowest BCUT2D eigenvalue weighted by Crippen LogP contribution is -2.30. The van der Waals surface area contributed by atoms with E-state index in [0.29, 0.717) is 11.3 Å². The molecule has 1 N–H and O–H groups in total. The van der Waals surface area contributed by atoms with Gasteiger partial charge in [-0.15, -0.1) is 0 Å². The molecule has 7 heteroatoms. The van der Waals surface area contributed by atoms with E-state index in [9.17, 15) is 22.8 Å². The van der Waals surface area contributed by atoms with Crippen molar-refractivity contribution in [3.8, 4) is 0 Å². The summed E-state index contributed by atoms with van der Waals surface area (Å²) in [6, 6.07) is 11.8. The zero-order valence-electron chi connectivity index (χ0n) is 14.4. The number of halogens is 3. The Bertz CT molecular complexity index is 803. The average Bonchev–Trinajstić information content (AvgIpc) is 2.54. The molecule has 0 unspecified atom stereocenters. The molecule has 0 radical (unpaired) electrons. The lowest BCUT2D eigenvalue weighted by atomic mass is 10.1. The molecular formula is C19H19F3N2O2. The minimum Gasteiger partial charge on any atom is -0.325 e. The Morgan fingerprint density at radius 2 is 1.77 bits per heavy atom. The van der Waals surface area contributed by atoms with E-state index in [1.165, 1.54) is 30.0 Å². The molecule has 0 fully saturated rings. The Morgan fingerprint density at radius 1 is 1.08 bits per heavy atom. The van der Waals surface area contributed by atoms with Gasteiger partial charge in [0, 0.05) is 17.8 Å². The van der Waals surface area contributed by atoms with Crippen LogP contribution in [0.2, 0.25) is 0 Å². The van der Waals surface area contributed by atoms with Gasteiger partial charge in [-0.05, 0) is 37.7 Å². The molecule has 0 aliphatic carbocycles. The fraction of sp³-hybridized carbons (Fsp3) is 0.263. The van der Waals surface area contributed by atoms with E-state index in [1.807, 2.05) is 0 Å². The minimum atomic E-state index is -4.44. The van der Waals surface area contributed by atoms with Crippen LogP contribution in [0.1, 0.15) is 28.4 Å². The third kappa shape index (κ3) is 5.42. The van der Waals surface area contributed by atoms with Gasteiger partial charge in [0.25, 0.3) is 0 Å². The van der Waals surface area contributed by atoms with Gasteiger partial charge in [-0.2, -0.15) is 13.2 Å². The van der Waals surface area contributed by atoms with Crippen molar-refractivity contribution >= 4 is 17.4 Å². The van der Waals surface area contributed by atoms with Gasteiger partial charge in [-0.25, -0.2) is 0 Å². The SMILES string of the molecule is CC(=O)c1cccc(NC(=O)CN(C)Cc2ccccc2C(F)(F)F)c1. The van der Waals surface area contributed by atoms with Crippen molar-refractivity contribution in [3.05, 3.63) is 65.2 Å². The van der Waals surface area contributed by atoms with Crippen LogP contribution < -0.4 is 5.32 Å². The number of ketones is 1. The summed E-state index contributed by atoms with van der Waals surface area (Å²) in [5.74, 6) is -0.500. The van der Waals surface area contributed by atoms with Crippen LogP contribution in [0.5, 0.6) is 0 Å². The molecule has 138 valence electrons. The highest BCUT2D eigenvalue weighted by Gasteiger charge is 2.33. The number of nitrogens with zero attached hydrogens (tertiary/aromatic N) is 1. The summed E-state index contributed by atoms with van der Waals surface area (Å²) in [4.78, 5) is 25.0. The van der Waals surface area contributed by atoms with Crippen LogP contribution >= 0.6 is 0 Å². The number of hydrogen-bond acceptors (Lipinski definition) is 3. The number of rotatable bonds is 6. The predicted molar refractivity (Wildman–Crippen MR) is 92.9 cm³/mol. The van der Waals surface area contributed by atoms with Crippen molar-refractivity contribution in [1.82, 2.24) is 4.90 Å². The fourth-order valence-electron chi connectivity index (χ4n) is 2.54. The number of hydrogen-bond donors (Lipinski definition) is 1. The summed E-state index contributed by atoms with van der Waals surface area (Å²) in [5, 5.41) is 2.64. The highest BCUT2D eigenvalue weighted by molar-refractivity contribution is 5.97. The zero-order chi connectivity index (χ0) is 19.3. The Kier molecular flexibility index (Phi) is 6.15. The van der Waals surface area contributed by atoms with Gasteiger partial charge < -0.3 is 5.32 Å². The molecule has 0 bridgehead atoms. The summed E-state index contributed by atoms with van der Waals surface area (Å²) in [7, 11) is 1.57. The standard InChI is InChI=1S/C19H19F3N2O2/c1-13(25)14-7-5-8-16(10-14)23-18(26)12-24(2)11-15-6-3-4-9-17(15)19(20,21)22/h3-10H,11-12H2,1-2H3,(H,23,26). The van der Waals surface area contributed by atoms with Gasteiger partial charge in [0.1, 0.15) is 0 Å². The van der Waals surface area contributed by atoms with Crippen molar-refractivity contribution < 1.29 is 22.8 Å². The molecule has 0 spiro atoms. The summed E-state index contributed by atoms with van der Waals surface area (Å²) >= 11 is 0. The molecule has 4 nitrogen and oxygen atoms in total. The van der Waals surface area contributed by atoms with E-state index < -0.39 is 11.7 Å². The number of alkyl halides is 3. The number of anilines is 1. The van der Waals surface area contributed by atoms with Crippen LogP contribution in [-0.4, -0.2) is 30.2 Å². The molecule has 2 aromatic rings. The van der Waals surface area contributed by atoms with Gasteiger partial charge in [0.15, 0.2) is 5.78 Å². The molecule has 0 saturated heterocycles. The number of benzene rings is 2. The van der Waals surface area contributed by atoms with E-state index >= 15 is 0 Å². The molecule has 1 amide bonds. The minimum absolute atomic E-state index is 0.0173. The first-order valence-corrected chi connectivity index (χ1v) is 7.91. The van der Waals surface area contributed by atoms with E-state index in [-0.39, 0.29) is 30.3 Å². The van der Waals surface area contributed by atoms with Crippen LogP contribution in [0, 0.1) is 0 Å². The smallest absolute Gasteiger partial charge is 0.325 e. The van der Waals surface area contributed by atoms with Gasteiger partial charge in [0.05, 0.1) is 12.1 Å². The normalized spacial score (nSPS) is 11.5. The maximum atomic E-state index is 13.0. The Labute approximate surface area is 149 Å². The topological polar surface area (TPSA) is 49.4 Å². The molecule has 2 rings (SSSR count). The molecule has 0 saturated carbocycles. The Hall–Kier alpha value is -2.67. The van der Waals surface area contributed by atoms with Crippen LogP contribution in [-0.2, 0) is 17.5 Å². The highest BCUT2D eigenvalue weighted by Crippen LogP contribution is 2.32. The van der Waals surface area contributed by atoms with Crippen molar-refractivity contribution in [2.45, 2.75) is 19.6 Å². The van der Waals surface area contributed by atoms with E-state index in [4.69, 9.17) is 0 Å². The first kappa shape index (κ1) is 19.7. The number of Topliss-reactive ketones (excluding diaryl/α,β-unsaturated/α-hetero) is 1. The van der Waals surface area contributed by atoms with Crippen molar-refractivity contribution in [3.63, 3.8) is 0 Å². The van der Waals surface area contributed by atoms with E-state index in [1.54, 1.807) is 31.3 Å². The maximum Gasteiger partial charge on any atom is 0.416 e. The van der Waals surface area contributed by atoms with Crippen molar-refractivity contribution in [1.29, 1.82) is 0 Å². The second-order valence-corrected chi connectivity index (χ2v) is 6.01. The van der Waals surface area contributed by atoms with Crippen molar-refractivity contribution in [2.24, 2.45) is 0 Å². The van der Waals surface area contributed by atoms with Crippen LogP contribution in [0.15, 0.2) is 48.5 Å². The predicted octanol–water partition coefficient (Wildman–Crippen LogP) is 3.98. The monoisotopic (exact) mass is 364 g/mol. The van der Waals surface area contributed by atoms with Crippen LogP contribution in [0.3, 0.4) is 0 Å². The number of amides is 1. The lowest BCUT2D eigenvalue weighted by molar-refractivity contribution is -0.138. The fourth-order valence-corrected chi connectivity index (χ4v) is 2.54. The van der Waals surface area contributed by atoms with E-state index in [2.05, 4.69) is 5.32 Å². The first-order valence-electron chi connectivity index (χ1n) is 7.91. The number of likely N-dealkylation sites (N-methyl/N-ethyl adjacent to an activating group) is 1. The molecule has 2 aromatic carbocycles. The molecule has 0 atom stereocenters. The molecule has 0 aliphatic heterocycles. The van der Waals surface area contributed by atoms with Crippen LogP contribution in [0.25, 0.3) is 0 Å². The summed E-state index contributed by atoms with van der Waals surface area (Å²) < 4.78 is 39.1. The Balaban J connectivity index is 2.00. The van der Waals surface area contributed by atoms with Gasteiger partial charge >= 0.3 is 6.18 Å². The average molecular weight is 364 g/mol. The Morgan fingerprint density at radius 3 is 2.42 bits per heavy atom. The summed E-state index contributed by atoms with van der Waals surface area (Å²) in [5.41, 5.74) is 0.331. The summed E-state index contributed by atoms with van der Waals surface area (Å²) in [6.45, 7) is 1.32. The largest absolute Gasteiger partial charge is 0.416 e. The van der Waals surface area contributed by atoms with Gasteiger partial charge in [-0.3, -0.25) is 14.5 Å². The molecule has 26 heavy (non-hydrogen) atoms. The summed E-state index contributed by atoms with van der Waals surface area (Å²) in [6.07, 6.45) is -4.44. The molecule has 0 heterocycles. The molecular weight excluding hydrogens is 345 g/mol. The van der Waals surface area contributed by atoms with Crippen molar-refractivity contribution in [2.75, 3.05) is 18.9 Å². The van der Waals surface area contributed by atoms with E-state index in [0.717, 1.165) is 6.07 Å². The third-order valence-corrected chi connectivity index (χ3v) is 3.73. The molecule has 0 aliphatic rings. The third-order valence-electron chi connectivity index (χ3n) is 3.73. The number of nitrogens with one attached hydrogen (secondary N) is 1. The number of carbonyl (C=O) groups is 2. The quantitative estimate of drug-likeness (QED) is 0.789. The second kappa shape index (κ2) is 8.14. The van der Waals surface area contributed by atoms with Gasteiger partial charge in [-0.1, -0.05) is 30.3 Å².